The largest absolute Gasteiger partial charge is 0.382 e. The van der Waals surface area contributed by atoms with Crippen LogP contribution in [0.3, 0.4) is 0 Å². The molecule has 0 heterocycles. The maximum absolute atomic E-state index is 13.8. The first-order valence-corrected chi connectivity index (χ1v) is 10.3. The van der Waals surface area contributed by atoms with Crippen LogP contribution in [0.25, 0.3) is 0 Å². The number of carbonyl (C=O) groups is 1. The van der Waals surface area contributed by atoms with E-state index >= 15 is 0 Å². The van der Waals surface area contributed by atoms with Gasteiger partial charge in [-0.1, -0.05) is 60.7 Å². The monoisotopic (exact) mass is 432 g/mol. The van der Waals surface area contributed by atoms with Gasteiger partial charge in [-0.3, -0.25) is 4.79 Å². The van der Waals surface area contributed by atoms with E-state index in [2.05, 4.69) is 0 Å². The zero-order valence-corrected chi connectivity index (χ0v) is 18.6. The Morgan fingerprint density at radius 3 is 1.65 bits per heavy atom. The summed E-state index contributed by atoms with van der Waals surface area (Å²) in [6.45, 7) is 4.84. The summed E-state index contributed by atoms with van der Waals surface area (Å²) >= 11 is 0. The molecular formula is C24H32O7. The van der Waals surface area contributed by atoms with Gasteiger partial charge in [0.2, 0.25) is 5.78 Å². The molecule has 0 amide bonds. The van der Waals surface area contributed by atoms with Crippen molar-refractivity contribution in [1.82, 2.24) is 0 Å². The van der Waals surface area contributed by atoms with Crippen molar-refractivity contribution in [3.63, 3.8) is 0 Å². The van der Waals surface area contributed by atoms with Gasteiger partial charge in [-0.05, 0) is 13.8 Å². The molecule has 0 fully saturated rings. The minimum atomic E-state index is -1.78. The smallest absolute Gasteiger partial charge is 0.265 e. The molecule has 0 aromatic heterocycles. The van der Waals surface area contributed by atoms with Gasteiger partial charge in [0.05, 0.1) is 26.4 Å². The Balaban J connectivity index is 2.42. The molecule has 0 bridgehead atoms. The zero-order chi connectivity index (χ0) is 22.5. The third kappa shape index (κ3) is 7.50. The summed E-state index contributed by atoms with van der Waals surface area (Å²) < 4.78 is 33.8. The minimum Gasteiger partial charge on any atom is -0.382 e. The third-order valence-corrected chi connectivity index (χ3v) is 4.43. The van der Waals surface area contributed by atoms with Crippen LogP contribution in [0.2, 0.25) is 0 Å². The lowest BCUT2D eigenvalue weighted by atomic mass is 9.95. The Morgan fingerprint density at radius 1 is 0.742 bits per heavy atom. The molecule has 2 rings (SSSR count). The number of rotatable bonds is 15. The Morgan fingerprint density at radius 2 is 1.19 bits per heavy atom. The molecule has 0 spiro atoms. The Bertz CT molecular complexity index is 733. The third-order valence-electron chi connectivity index (χ3n) is 4.43. The fraction of sp³-hybridized carbons (Fsp3) is 0.458. The van der Waals surface area contributed by atoms with Gasteiger partial charge in [-0.25, -0.2) is 0 Å². The number of ketones is 1. The molecule has 0 N–H and O–H groups in total. The second-order valence-electron chi connectivity index (χ2n) is 6.78. The van der Waals surface area contributed by atoms with Crippen LogP contribution < -0.4 is 0 Å². The van der Waals surface area contributed by atoms with E-state index < -0.39 is 18.4 Å². The van der Waals surface area contributed by atoms with E-state index in [4.69, 9.17) is 28.4 Å². The first kappa shape index (κ1) is 25.1. The Hall–Kier alpha value is -2.13. The summed E-state index contributed by atoms with van der Waals surface area (Å²) in [5.41, 5.74) is 0.979. The van der Waals surface area contributed by atoms with E-state index in [-0.39, 0.29) is 5.78 Å². The van der Waals surface area contributed by atoms with Gasteiger partial charge in [0, 0.05) is 25.3 Å². The number of hydrogen-bond acceptors (Lipinski definition) is 7. The van der Waals surface area contributed by atoms with Gasteiger partial charge >= 0.3 is 0 Å². The highest BCUT2D eigenvalue weighted by Gasteiger charge is 2.46. The van der Waals surface area contributed by atoms with E-state index in [1.165, 1.54) is 0 Å². The number of hydrogen-bond donors (Lipinski definition) is 0. The lowest BCUT2D eigenvalue weighted by Gasteiger charge is -2.37. The maximum Gasteiger partial charge on any atom is 0.265 e. The zero-order valence-electron chi connectivity index (χ0n) is 18.6. The standard InChI is InChI=1S/C24H32O7/c1-19(28-17-15-26-3)30-24(22-13-9-6-10-14-22,31-20(2)29-18-16-27-4)23(25)21-11-7-5-8-12-21/h5-14,19-20H,15-18H2,1-4H3. The lowest BCUT2D eigenvalue weighted by molar-refractivity contribution is -0.329. The molecule has 2 atom stereocenters. The molecule has 7 heteroatoms. The van der Waals surface area contributed by atoms with Gasteiger partial charge in [0.1, 0.15) is 0 Å². The van der Waals surface area contributed by atoms with Crippen molar-refractivity contribution in [2.75, 3.05) is 40.6 Å². The topological polar surface area (TPSA) is 72.5 Å². The molecule has 2 unspecified atom stereocenters. The maximum atomic E-state index is 13.8. The van der Waals surface area contributed by atoms with E-state index in [0.29, 0.717) is 37.6 Å². The summed E-state index contributed by atoms with van der Waals surface area (Å²) in [7, 11) is 3.18. The quantitative estimate of drug-likeness (QED) is 0.241. The van der Waals surface area contributed by atoms with Gasteiger partial charge in [-0.2, -0.15) is 0 Å². The molecule has 2 aromatic carbocycles. The summed E-state index contributed by atoms with van der Waals surface area (Å²) in [6.07, 6.45) is -1.51. The second-order valence-corrected chi connectivity index (χ2v) is 6.78. The van der Waals surface area contributed by atoms with E-state index in [0.717, 1.165) is 0 Å². The van der Waals surface area contributed by atoms with Crippen molar-refractivity contribution in [2.24, 2.45) is 0 Å². The first-order valence-electron chi connectivity index (χ1n) is 10.3. The average Bonchev–Trinajstić information content (AvgIpc) is 2.79. The summed E-state index contributed by atoms with van der Waals surface area (Å²) in [4.78, 5) is 13.8. The minimum absolute atomic E-state index is 0.307. The number of Topliss-reactive ketones (excluding diaryl/α,β-unsaturated/α-hetero) is 1. The Kier molecular flexibility index (Phi) is 10.8. The highest BCUT2D eigenvalue weighted by molar-refractivity contribution is 6.02. The summed E-state index contributed by atoms with van der Waals surface area (Å²) in [6, 6.07) is 17.9. The molecule has 7 nitrogen and oxygen atoms in total. The molecule has 0 aliphatic heterocycles. The van der Waals surface area contributed by atoms with Gasteiger partial charge in [0.25, 0.3) is 5.79 Å². The fourth-order valence-corrected chi connectivity index (χ4v) is 2.97. The van der Waals surface area contributed by atoms with Crippen LogP contribution in [0, 0.1) is 0 Å². The van der Waals surface area contributed by atoms with Crippen LogP contribution in [0.4, 0.5) is 0 Å². The number of benzene rings is 2. The molecule has 0 aliphatic carbocycles. The van der Waals surface area contributed by atoms with E-state index in [1.54, 1.807) is 64.5 Å². The van der Waals surface area contributed by atoms with Crippen molar-refractivity contribution in [1.29, 1.82) is 0 Å². The highest BCUT2D eigenvalue weighted by Crippen LogP contribution is 2.35. The summed E-state index contributed by atoms with van der Waals surface area (Å²) in [5, 5.41) is 0. The molecule has 2 aromatic rings. The van der Waals surface area contributed by atoms with Crippen LogP contribution in [-0.4, -0.2) is 59.0 Å². The normalized spacial score (nSPS) is 15.2. The van der Waals surface area contributed by atoms with Crippen LogP contribution in [0.1, 0.15) is 29.8 Å². The van der Waals surface area contributed by atoms with Crippen LogP contribution in [0.15, 0.2) is 60.7 Å². The number of carbonyl (C=O) groups excluding carboxylic acids is 1. The highest BCUT2D eigenvalue weighted by atomic mass is 16.8. The molecule has 0 aliphatic rings. The van der Waals surface area contributed by atoms with E-state index in [1.807, 2.05) is 24.3 Å². The molecule has 31 heavy (non-hydrogen) atoms. The Labute approximate surface area is 184 Å². The molecule has 0 radical (unpaired) electrons. The average molecular weight is 433 g/mol. The molecule has 170 valence electrons. The van der Waals surface area contributed by atoms with Crippen molar-refractivity contribution in [3.05, 3.63) is 71.8 Å². The van der Waals surface area contributed by atoms with E-state index in [9.17, 15) is 4.79 Å². The van der Waals surface area contributed by atoms with Crippen LogP contribution >= 0.6 is 0 Å². The van der Waals surface area contributed by atoms with Crippen molar-refractivity contribution >= 4 is 5.78 Å². The molecule has 0 saturated carbocycles. The fourth-order valence-electron chi connectivity index (χ4n) is 2.97. The predicted octanol–water partition coefficient (Wildman–Crippen LogP) is 3.77. The first-order chi connectivity index (χ1) is 15.0. The summed E-state index contributed by atoms with van der Waals surface area (Å²) in [5.74, 6) is -2.13. The van der Waals surface area contributed by atoms with Gasteiger partial charge < -0.3 is 28.4 Å². The number of methoxy groups -OCH3 is 2. The van der Waals surface area contributed by atoms with Gasteiger partial charge in [0.15, 0.2) is 12.6 Å². The van der Waals surface area contributed by atoms with Crippen molar-refractivity contribution in [3.8, 4) is 0 Å². The van der Waals surface area contributed by atoms with Crippen molar-refractivity contribution in [2.45, 2.75) is 32.2 Å². The molecule has 0 saturated heterocycles. The van der Waals surface area contributed by atoms with Gasteiger partial charge in [-0.15, -0.1) is 0 Å². The van der Waals surface area contributed by atoms with Crippen LogP contribution in [0.5, 0.6) is 0 Å². The second kappa shape index (κ2) is 13.3. The lowest BCUT2D eigenvalue weighted by Crippen LogP contribution is -2.47. The molecular weight excluding hydrogens is 400 g/mol. The SMILES string of the molecule is COCCOC(C)OC(OC(C)OCCOC)(C(=O)c1ccccc1)c1ccccc1. The predicted molar refractivity (Wildman–Crippen MR) is 116 cm³/mol. The van der Waals surface area contributed by atoms with Crippen molar-refractivity contribution < 1.29 is 33.2 Å². The number of ether oxygens (including phenoxy) is 6. The van der Waals surface area contributed by atoms with Crippen LogP contribution in [-0.2, 0) is 34.2 Å².